The number of ether oxygens (including phenoxy) is 3. The maximum absolute atomic E-state index is 12.9. The summed E-state index contributed by atoms with van der Waals surface area (Å²) >= 11 is 0. The van der Waals surface area contributed by atoms with Gasteiger partial charge in [0.15, 0.2) is 0 Å². The van der Waals surface area contributed by atoms with Gasteiger partial charge in [0.25, 0.3) is 0 Å². The van der Waals surface area contributed by atoms with Crippen molar-refractivity contribution in [2.24, 2.45) is 0 Å². The third kappa shape index (κ3) is 4.71. The van der Waals surface area contributed by atoms with Gasteiger partial charge in [0.1, 0.15) is 23.3 Å². The van der Waals surface area contributed by atoms with E-state index in [1.54, 1.807) is 61.6 Å². The normalized spacial score (nSPS) is 15.6. The van der Waals surface area contributed by atoms with Crippen LogP contribution in [0.3, 0.4) is 0 Å². The minimum Gasteiger partial charge on any atom is -0.497 e. The molecule has 1 saturated heterocycles. The summed E-state index contributed by atoms with van der Waals surface area (Å²) in [6, 6.07) is 11.3. The van der Waals surface area contributed by atoms with Crippen LogP contribution in [0.4, 0.5) is 16.2 Å². The van der Waals surface area contributed by atoms with E-state index in [4.69, 9.17) is 14.2 Å². The lowest BCUT2D eigenvalue weighted by Gasteiger charge is -2.24. The molecule has 2 aromatic rings. The molecule has 0 saturated carbocycles. The van der Waals surface area contributed by atoms with Crippen LogP contribution in [0.2, 0.25) is 0 Å². The summed E-state index contributed by atoms with van der Waals surface area (Å²) < 4.78 is 15.6. The standard InChI is InChI=1S/C21H25N3O5/c1-27-15-8-6-14(7-9-15)22-21(26)24-12-4-5-18(24)20(25)23-17-11-10-16(28-2)13-19(17)29-3/h6-11,13,18H,4-5,12H2,1-3H3,(H,22,26)(H,23,25). The van der Waals surface area contributed by atoms with E-state index in [9.17, 15) is 9.59 Å². The highest BCUT2D eigenvalue weighted by atomic mass is 16.5. The van der Waals surface area contributed by atoms with Gasteiger partial charge in [-0.1, -0.05) is 0 Å². The number of benzene rings is 2. The Bertz CT molecular complexity index is 869. The first-order valence-corrected chi connectivity index (χ1v) is 9.30. The topological polar surface area (TPSA) is 89.1 Å². The third-order valence-corrected chi connectivity index (χ3v) is 4.82. The van der Waals surface area contributed by atoms with E-state index in [0.29, 0.717) is 41.6 Å². The van der Waals surface area contributed by atoms with E-state index >= 15 is 0 Å². The Labute approximate surface area is 169 Å². The van der Waals surface area contributed by atoms with Crippen LogP contribution in [0.5, 0.6) is 17.2 Å². The lowest BCUT2D eigenvalue weighted by molar-refractivity contribution is -0.119. The molecule has 154 valence electrons. The highest BCUT2D eigenvalue weighted by molar-refractivity contribution is 6.00. The number of methoxy groups -OCH3 is 3. The number of carbonyl (C=O) groups is 2. The van der Waals surface area contributed by atoms with Gasteiger partial charge in [-0.05, 0) is 49.2 Å². The number of anilines is 2. The molecule has 1 atom stereocenters. The van der Waals surface area contributed by atoms with Crippen molar-refractivity contribution in [3.8, 4) is 17.2 Å². The van der Waals surface area contributed by atoms with Crippen LogP contribution >= 0.6 is 0 Å². The molecule has 1 aliphatic rings. The molecule has 1 fully saturated rings. The van der Waals surface area contributed by atoms with E-state index < -0.39 is 6.04 Å². The van der Waals surface area contributed by atoms with Crippen LogP contribution in [0, 0.1) is 0 Å². The fourth-order valence-corrected chi connectivity index (χ4v) is 3.27. The van der Waals surface area contributed by atoms with Crippen molar-refractivity contribution in [1.82, 2.24) is 4.90 Å². The molecule has 8 heteroatoms. The zero-order chi connectivity index (χ0) is 20.8. The van der Waals surface area contributed by atoms with Gasteiger partial charge in [0, 0.05) is 18.3 Å². The van der Waals surface area contributed by atoms with Gasteiger partial charge in [-0.2, -0.15) is 0 Å². The Morgan fingerprint density at radius 1 is 0.931 bits per heavy atom. The van der Waals surface area contributed by atoms with Crippen LogP contribution in [-0.4, -0.2) is 50.8 Å². The maximum atomic E-state index is 12.9. The lowest BCUT2D eigenvalue weighted by atomic mass is 10.2. The first kappa shape index (κ1) is 20.3. The van der Waals surface area contributed by atoms with Crippen LogP contribution < -0.4 is 24.8 Å². The number of nitrogens with one attached hydrogen (secondary N) is 2. The summed E-state index contributed by atoms with van der Waals surface area (Å²) in [6.45, 7) is 0.514. The molecule has 0 aromatic heterocycles. The molecule has 3 amide bonds. The molecule has 2 N–H and O–H groups in total. The minimum atomic E-state index is -0.556. The molecule has 2 aromatic carbocycles. The average Bonchev–Trinajstić information content (AvgIpc) is 3.25. The number of hydrogen-bond donors (Lipinski definition) is 2. The first-order valence-electron chi connectivity index (χ1n) is 9.30. The number of carbonyl (C=O) groups excluding carboxylic acids is 2. The average molecular weight is 399 g/mol. The predicted molar refractivity (Wildman–Crippen MR) is 110 cm³/mol. The molecule has 0 spiro atoms. The third-order valence-electron chi connectivity index (χ3n) is 4.82. The number of hydrogen-bond acceptors (Lipinski definition) is 5. The summed E-state index contributed by atoms with van der Waals surface area (Å²) in [7, 11) is 4.66. The highest BCUT2D eigenvalue weighted by Crippen LogP contribution is 2.30. The smallest absolute Gasteiger partial charge is 0.322 e. The van der Waals surface area contributed by atoms with E-state index in [-0.39, 0.29) is 11.9 Å². The fourth-order valence-electron chi connectivity index (χ4n) is 3.27. The molecule has 0 radical (unpaired) electrons. The molecule has 0 aliphatic carbocycles. The molecule has 1 unspecified atom stereocenters. The number of nitrogens with zero attached hydrogens (tertiary/aromatic N) is 1. The molecule has 1 aliphatic heterocycles. The van der Waals surface area contributed by atoms with Gasteiger partial charge in [0.05, 0.1) is 27.0 Å². The van der Waals surface area contributed by atoms with Gasteiger partial charge < -0.3 is 29.7 Å². The van der Waals surface area contributed by atoms with E-state index in [0.717, 1.165) is 6.42 Å². The largest absolute Gasteiger partial charge is 0.497 e. The number of urea groups is 1. The molecular formula is C21H25N3O5. The van der Waals surface area contributed by atoms with Crippen LogP contribution in [-0.2, 0) is 4.79 Å². The zero-order valence-corrected chi connectivity index (χ0v) is 16.7. The molecule has 0 bridgehead atoms. The fraction of sp³-hybridized carbons (Fsp3) is 0.333. The van der Waals surface area contributed by atoms with Gasteiger partial charge in [0.2, 0.25) is 5.91 Å². The zero-order valence-electron chi connectivity index (χ0n) is 16.7. The van der Waals surface area contributed by atoms with Crippen LogP contribution in [0.1, 0.15) is 12.8 Å². The summed E-state index contributed by atoms with van der Waals surface area (Å²) in [5.41, 5.74) is 1.17. The number of rotatable bonds is 6. The second kappa shape index (κ2) is 9.18. The van der Waals surface area contributed by atoms with Crippen molar-refractivity contribution in [3.05, 3.63) is 42.5 Å². The van der Waals surface area contributed by atoms with Crippen molar-refractivity contribution in [2.75, 3.05) is 38.5 Å². The molecule has 29 heavy (non-hydrogen) atoms. The molecular weight excluding hydrogens is 374 g/mol. The van der Waals surface area contributed by atoms with Crippen LogP contribution in [0.25, 0.3) is 0 Å². The van der Waals surface area contributed by atoms with E-state index in [1.165, 1.54) is 7.11 Å². The predicted octanol–water partition coefficient (Wildman–Crippen LogP) is 3.35. The first-order chi connectivity index (χ1) is 14.0. The second-order valence-electron chi connectivity index (χ2n) is 6.57. The van der Waals surface area contributed by atoms with Crippen molar-refractivity contribution in [1.29, 1.82) is 0 Å². The van der Waals surface area contributed by atoms with Crippen molar-refractivity contribution >= 4 is 23.3 Å². The molecule has 3 rings (SSSR count). The molecule has 8 nitrogen and oxygen atoms in total. The van der Waals surface area contributed by atoms with Gasteiger partial charge >= 0.3 is 6.03 Å². The second-order valence-corrected chi connectivity index (χ2v) is 6.57. The number of likely N-dealkylation sites (tertiary alicyclic amines) is 1. The van der Waals surface area contributed by atoms with Crippen molar-refractivity contribution < 1.29 is 23.8 Å². The Morgan fingerprint density at radius 3 is 2.28 bits per heavy atom. The quantitative estimate of drug-likeness (QED) is 0.778. The lowest BCUT2D eigenvalue weighted by Crippen LogP contribution is -2.45. The minimum absolute atomic E-state index is 0.254. The summed E-state index contributed by atoms with van der Waals surface area (Å²) in [6.07, 6.45) is 1.36. The van der Waals surface area contributed by atoms with Crippen LogP contribution in [0.15, 0.2) is 42.5 Å². The van der Waals surface area contributed by atoms with Gasteiger partial charge in [-0.3, -0.25) is 4.79 Å². The SMILES string of the molecule is COc1ccc(NC(=O)N2CCCC2C(=O)Nc2ccc(OC)cc2OC)cc1. The monoisotopic (exact) mass is 399 g/mol. The summed E-state index contributed by atoms with van der Waals surface area (Å²) in [4.78, 5) is 27.1. The summed E-state index contributed by atoms with van der Waals surface area (Å²) in [5.74, 6) is 1.57. The Kier molecular flexibility index (Phi) is 6.43. The van der Waals surface area contributed by atoms with E-state index in [1.807, 2.05) is 0 Å². The summed E-state index contributed by atoms with van der Waals surface area (Å²) in [5, 5.41) is 5.69. The maximum Gasteiger partial charge on any atom is 0.322 e. The van der Waals surface area contributed by atoms with Gasteiger partial charge in [-0.25, -0.2) is 4.79 Å². The van der Waals surface area contributed by atoms with E-state index in [2.05, 4.69) is 10.6 Å². The Balaban J connectivity index is 1.67. The number of amides is 3. The van der Waals surface area contributed by atoms with Crippen molar-refractivity contribution in [3.63, 3.8) is 0 Å². The Hall–Kier alpha value is -3.42. The van der Waals surface area contributed by atoms with Crippen molar-refractivity contribution in [2.45, 2.75) is 18.9 Å². The Morgan fingerprint density at radius 2 is 1.62 bits per heavy atom. The highest BCUT2D eigenvalue weighted by Gasteiger charge is 2.34. The van der Waals surface area contributed by atoms with Gasteiger partial charge in [-0.15, -0.1) is 0 Å². The molecule has 1 heterocycles.